The van der Waals surface area contributed by atoms with Crippen LogP contribution < -0.4 is 4.74 Å². The normalized spacial score (nSPS) is 15.6. The van der Waals surface area contributed by atoms with Gasteiger partial charge in [-0.05, 0) is 48.2 Å². The first-order valence-corrected chi connectivity index (χ1v) is 9.70. The number of aromatic nitrogens is 3. The van der Waals surface area contributed by atoms with Gasteiger partial charge < -0.3 is 4.74 Å². The van der Waals surface area contributed by atoms with Gasteiger partial charge in [0.05, 0.1) is 18.8 Å². The summed E-state index contributed by atoms with van der Waals surface area (Å²) in [6.07, 6.45) is 4.94. The minimum atomic E-state index is -0.181. The molecule has 28 heavy (non-hydrogen) atoms. The van der Waals surface area contributed by atoms with Crippen LogP contribution in [0.25, 0.3) is 0 Å². The molecule has 1 aliphatic heterocycles. The second kappa shape index (κ2) is 8.52. The summed E-state index contributed by atoms with van der Waals surface area (Å²) in [6.45, 7) is 2.89. The number of nitrogens with zero attached hydrogens (tertiary/aromatic N) is 4. The molecule has 0 spiro atoms. The van der Waals surface area contributed by atoms with Crippen LogP contribution in [-0.4, -0.2) is 40.1 Å². The van der Waals surface area contributed by atoms with Gasteiger partial charge in [0.1, 0.15) is 11.6 Å². The third-order valence-corrected chi connectivity index (χ3v) is 5.35. The first kappa shape index (κ1) is 18.6. The highest BCUT2D eigenvalue weighted by Gasteiger charge is 2.21. The summed E-state index contributed by atoms with van der Waals surface area (Å²) >= 11 is 0. The third-order valence-electron chi connectivity index (χ3n) is 5.35. The van der Waals surface area contributed by atoms with Crippen molar-refractivity contribution in [2.45, 2.75) is 31.8 Å². The van der Waals surface area contributed by atoms with Crippen LogP contribution in [0.1, 0.15) is 35.7 Å². The van der Waals surface area contributed by atoms with Crippen LogP contribution in [-0.2, 0) is 13.0 Å². The van der Waals surface area contributed by atoms with Gasteiger partial charge in [0.15, 0.2) is 0 Å². The molecule has 2 aromatic carbocycles. The Hall–Kier alpha value is -2.73. The molecule has 6 heteroatoms. The average Bonchev–Trinajstić information content (AvgIpc) is 3.19. The zero-order valence-electron chi connectivity index (χ0n) is 16.1. The van der Waals surface area contributed by atoms with Gasteiger partial charge in [0.2, 0.25) is 0 Å². The van der Waals surface area contributed by atoms with E-state index in [1.807, 2.05) is 28.9 Å². The average molecular weight is 380 g/mol. The molecule has 146 valence electrons. The maximum atomic E-state index is 13.0. The smallest absolute Gasteiger partial charge is 0.123 e. The van der Waals surface area contributed by atoms with E-state index in [0.717, 1.165) is 55.9 Å². The first-order valence-electron chi connectivity index (χ1n) is 9.70. The van der Waals surface area contributed by atoms with Crippen molar-refractivity contribution in [3.63, 3.8) is 0 Å². The van der Waals surface area contributed by atoms with Gasteiger partial charge in [-0.1, -0.05) is 29.5 Å². The van der Waals surface area contributed by atoms with Crippen molar-refractivity contribution in [1.82, 2.24) is 19.9 Å². The maximum Gasteiger partial charge on any atom is 0.123 e. The second-order valence-electron chi connectivity index (χ2n) is 7.35. The van der Waals surface area contributed by atoms with Gasteiger partial charge in [0.25, 0.3) is 0 Å². The highest BCUT2D eigenvalue weighted by atomic mass is 19.1. The number of likely N-dealkylation sites (tertiary alicyclic amines) is 1. The Bertz CT molecular complexity index is 884. The molecule has 0 amide bonds. The Morgan fingerprint density at radius 3 is 2.36 bits per heavy atom. The van der Waals surface area contributed by atoms with Crippen LogP contribution in [0.4, 0.5) is 4.39 Å². The molecular formula is C22H25FN4O. The SMILES string of the molecule is COc1ccc(Cc2cn(C3CCN(Cc4ccc(F)cc4)CC3)nn2)cc1. The van der Waals surface area contributed by atoms with Crippen LogP contribution in [0, 0.1) is 5.82 Å². The van der Waals surface area contributed by atoms with Crippen LogP contribution in [0.5, 0.6) is 5.75 Å². The summed E-state index contributed by atoms with van der Waals surface area (Å²) in [4.78, 5) is 2.42. The summed E-state index contributed by atoms with van der Waals surface area (Å²) in [7, 11) is 1.67. The topological polar surface area (TPSA) is 43.2 Å². The Balaban J connectivity index is 1.30. The molecule has 5 nitrogen and oxygen atoms in total. The van der Waals surface area contributed by atoms with E-state index in [1.165, 1.54) is 17.7 Å². The summed E-state index contributed by atoms with van der Waals surface area (Å²) in [5.74, 6) is 0.680. The van der Waals surface area contributed by atoms with Crippen LogP contribution in [0.2, 0.25) is 0 Å². The van der Waals surface area contributed by atoms with E-state index in [0.29, 0.717) is 6.04 Å². The molecule has 4 rings (SSSR count). The molecule has 1 fully saturated rings. The molecule has 1 aromatic heterocycles. The quantitative estimate of drug-likeness (QED) is 0.651. The van der Waals surface area contributed by atoms with Crippen molar-refractivity contribution < 1.29 is 9.13 Å². The maximum absolute atomic E-state index is 13.0. The number of methoxy groups -OCH3 is 1. The van der Waals surface area contributed by atoms with Crippen molar-refractivity contribution in [1.29, 1.82) is 0 Å². The Morgan fingerprint density at radius 2 is 1.68 bits per heavy atom. The zero-order chi connectivity index (χ0) is 19.3. The Morgan fingerprint density at radius 1 is 1.00 bits per heavy atom. The van der Waals surface area contributed by atoms with E-state index < -0.39 is 0 Å². The summed E-state index contributed by atoms with van der Waals surface area (Å²) in [6, 6.07) is 15.2. The molecule has 0 saturated carbocycles. The molecule has 0 bridgehead atoms. The zero-order valence-corrected chi connectivity index (χ0v) is 16.1. The largest absolute Gasteiger partial charge is 0.497 e. The van der Waals surface area contributed by atoms with Crippen LogP contribution >= 0.6 is 0 Å². The van der Waals surface area contributed by atoms with Gasteiger partial charge in [-0.25, -0.2) is 9.07 Å². The monoisotopic (exact) mass is 380 g/mol. The Kier molecular flexibility index (Phi) is 5.67. The lowest BCUT2D eigenvalue weighted by Gasteiger charge is -2.31. The van der Waals surface area contributed by atoms with Crippen molar-refractivity contribution in [2.75, 3.05) is 20.2 Å². The lowest BCUT2D eigenvalue weighted by Crippen LogP contribution is -2.34. The molecule has 0 unspecified atom stereocenters. The van der Waals surface area contributed by atoms with E-state index in [-0.39, 0.29) is 5.82 Å². The molecule has 3 aromatic rings. The minimum absolute atomic E-state index is 0.181. The van der Waals surface area contributed by atoms with E-state index >= 15 is 0 Å². The highest BCUT2D eigenvalue weighted by Crippen LogP contribution is 2.23. The van der Waals surface area contributed by atoms with E-state index in [2.05, 4.69) is 33.5 Å². The fourth-order valence-corrected chi connectivity index (χ4v) is 3.72. The standard InChI is InChI=1S/C22H25FN4O/c1-28-22-8-4-17(5-9-22)14-20-16-27(25-24-20)21-10-12-26(13-11-21)15-18-2-6-19(23)7-3-18/h2-9,16,21H,10-15H2,1H3. The molecule has 1 aliphatic rings. The predicted octanol–water partition coefficient (Wildman–Crippen LogP) is 3.85. The summed E-state index contributed by atoms with van der Waals surface area (Å²) < 4.78 is 20.3. The molecule has 1 saturated heterocycles. The second-order valence-corrected chi connectivity index (χ2v) is 7.35. The van der Waals surface area contributed by atoms with Gasteiger partial charge in [-0.15, -0.1) is 5.10 Å². The highest BCUT2D eigenvalue weighted by molar-refractivity contribution is 5.29. The van der Waals surface area contributed by atoms with Gasteiger partial charge in [0, 0.05) is 32.3 Å². The molecule has 0 aliphatic carbocycles. The van der Waals surface area contributed by atoms with E-state index in [4.69, 9.17) is 4.74 Å². The number of hydrogen-bond acceptors (Lipinski definition) is 4. The number of halogens is 1. The van der Waals surface area contributed by atoms with Crippen LogP contribution in [0.15, 0.2) is 54.7 Å². The minimum Gasteiger partial charge on any atom is -0.497 e. The molecule has 0 radical (unpaired) electrons. The first-order chi connectivity index (χ1) is 13.7. The van der Waals surface area contributed by atoms with Gasteiger partial charge in [-0.2, -0.15) is 0 Å². The number of benzene rings is 2. The van der Waals surface area contributed by atoms with Gasteiger partial charge in [-0.3, -0.25) is 4.90 Å². The molecule has 2 heterocycles. The number of rotatable bonds is 6. The fraction of sp³-hybridized carbons (Fsp3) is 0.364. The lowest BCUT2D eigenvalue weighted by molar-refractivity contribution is 0.172. The number of hydrogen-bond donors (Lipinski definition) is 0. The molecule has 0 N–H and O–H groups in total. The predicted molar refractivity (Wildman–Crippen MR) is 106 cm³/mol. The van der Waals surface area contributed by atoms with Crippen LogP contribution in [0.3, 0.4) is 0 Å². The van der Waals surface area contributed by atoms with Gasteiger partial charge >= 0.3 is 0 Å². The third kappa shape index (κ3) is 4.57. The fourth-order valence-electron chi connectivity index (χ4n) is 3.72. The van der Waals surface area contributed by atoms with E-state index in [9.17, 15) is 4.39 Å². The lowest BCUT2D eigenvalue weighted by atomic mass is 10.0. The van der Waals surface area contributed by atoms with E-state index in [1.54, 1.807) is 7.11 Å². The number of piperidine rings is 1. The number of ether oxygens (including phenoxy) is 1. The van der Waals surface area contributed by atoms with Crippen molar-refractivity contribution in [3.05, 3.63) is 77.4 Å². The molecule has 0 atom stereocenters. The Labute approximate surface area is 164 Å². The van der Waals surface area contributed by atoms with Crippen molar-refractivity contribution in [3.8, 4) is 5.75 Å². The summed E-state index contributed by atoms with van der Waals surface area (Å²) in [5.41, 5.74) is 3.34. The molecular weight excluding hydrogens is 355 g/mol. The van der Waals surface area contributed by atoms with Crippen molar-refractivity contribution in [2.24, 2.45) is 0 Å². The van der Waals surface area contributed by atoms with Crippen molar-refractivity contribution >= 4 is 0 Å². The summed E-state index contributed by atoms with van der Waals surface area (Å²) in [5, 5.41) is 8.73.